The van der Waals surface area contributed by atoms with E-state index in [4.69, 9.17) is 5.73 Å². The van der Waals surface area contributed by atoms with Crippen molar-refractivity contribution >= 4 is 34.1 Å². The molecule has 0 saturated carbocycles. The third kappa shape index (κ3) is 4.25. The molecular formula is C7H11N3OS2. The highest BCUT2D eigenvalue weighted by atomic mass is 32.2. The molecule has 0 aliphatic heterocycles. The Hall–Kier alpha value is -0.590. The summed E-state index contributed by atoms with van der Waals surface area (Å²) in [4.78, 5) is 15.1. The molecule has 0 bridgehead atoms. The topological polar surface area (TPSA) is 68.0 Å². The Morgan fingerprint density at radius 1 is 1.77 bits per heavy atom. The zero-order valence-corrected chi connectivity index (χ0v) is 8.66. The minimum Gasteiger partial charge on any atom is -0.330 e. The molecule has 0 radical (unpaired) electrons. The van der Waals surface area contributed by atoms with Crippen LogP contribution >= 0.6 is 23.1 Å². The number of nitrogens with one attached hydrogen (secondary N) is 1. The maximum Gasteiger partial charge on any atom is 0.236 e. The second-order valence-electron chi connectivity index (χ2n) is 2.23. The van der Waals surface area contributed by atoms with Crippen LogP contribution in [0.2, 0.25) is 0 Å². The van der Waals surface area contributed by atoms with Crippen LogP contribution in [0.15, 0.2) is 11.6 Å². The first-order valence-electron chi connectivity index (χ1n) is 3.80. The number of carbonyl (C=O) groups is 1. The molecular weight excluding hydrogens is 206 g/mol. The summed E-state index contributed by atoms with van der Waals surface area (Å²) in [6.45, 7) is 0.606. The van der Waals surface area contributed by atoms with Gasteiger partial charge in [-0.15, -0.1) is 11.3 Å². The molecule has 0 atom stereocenters. The number of thiazole rings is 1. The van der Waals surface area contributed by atoms with Gasteiger partial charge in [0.2, 0.25) is 5.91 Å². The van der Waals surface area contributed by atoms with Gasteiger partial charge in [-0.3, -0.25) is 4.79 Å². The fourth-order valence-corrected chi connectivity index (χ4v) is 1.80. The lowest BCUT2D eigenvalue weighted by atomic mass is 10.7. The molecule has 1 aromatic heterocycles. The highest BCUT2D eigenvalue weighted by Crippen LogP contribution is 2.10. The quantitative estimate of drug-likeness (QED) is 0.715. The highest BCUT2D eigenvalue weighted by molar-refractivity contribution is 7.99. The van der Waals surface area contributed by atoms with Crippen LogP contribution in [0.4, 0.5) is 5.13 Å². The molecule has 1 aromatic rings. The lowest BCUT2D eigenvalue weighted by molar-refractivity contribution is -0.113. The molecule has 4 nitrogen and oxygen atoms in total. The number of aromatic nitrogens is 1. The van der Waals surface area contributed by atoms with E-state index < -0.39 is 0 Å². The number of hydrogen-bond acceptors (Lipinski definition) is 5. The van der Waals surface area contributed by atoms with Gasteiger partial charge in [-0.1, -0.05) is 0 Å². The monoisotopic (exact) mass is 217 g/mol. The smallest absolute Gasteiger partial charge is 0.236 e. The van der Waals surface area contributed by atoms with Gasteiger partial charge < -0.3 is 11.1 Å². The number of nitrogens with zero attached hydrogens (tertiary/aromatic N) is 1. The molecule has 0 aliphatic rings. The molecule has 0 aliphatic carbocycles. The predicted molar refractivity (Wildman–Crippen MR) is 57.1 cm³/mol. The molecule has 1 rings (SSSR count). The van der Waals surface area contributed by atoms with E-state index in [9.17, 15) is 4.79 Å². The van der Waals surface area contributed by atoms with Crippen molar-refractivity contribution in [3.05, 3.63) is 11.6 Å². The number of hydrogen-bond donors (Lipinski definition) is 2. The van der Waals surface area contributed by atoms with Crippen molar-refractivity contribution in [1.29, 1.82) is 0 Å². The minimum absolute atomic E-state index is 0.0200. The molecule has 0 fully saturated rings. The average Bonchev–Trinajstić information content (AvgIpc) is 2.57. The number of carbonyl (C=O) groups excluding carboxylic acids is 1. The van der Waals surface area contributed by atoms with Crippen LogP contribution in [0.1, 0.15) is 0 Å². The Labute approximate surface area is 84.9 Å². The molecule has 1 amide bonds. The van der Waals surface area contributed by atoms with Gasteiger partial charge >= 0.3 is 0 Å². The number of thioether (sulfide) groups is 1. The first kappa shape index (κ1) is 10.5. The van der Waals surface area contributed by atoms with E-state index in [-0.39, 0.29) is 5.91 Å². The van der Waals surface area contributed by atoms with Crippen LogP contribution in [-0.2, 0) is 4.79 Å². The Morgan fingerprint density at radius 2 is 2.62 bits per heavy atom. The highest BCUT2D eigenvalue weighted by Gasteiger charge is 2.02. The Morgan fingerprint density at radius 3 is 3.23 bits per heavy atom. The summed E-state index contributed by atoms with van der Waals surface area (Å²) in [5, 5.41) is 5.16. The van der Waals surface area contributed by atoms with E-state index in [1.165, 1.54) is 23.1 Å². The van der Waals surface area contributed by atoms with Crippen LogP contribution in [0.3, 0.4) is 0 Å². The van der Waals surface area contributed by atoms with Gasteiger partial charge in [0.15, 0.2) is 5.13 Å². The molecule has 1 heterocycles. The van der Waals surface area contributed by atoms with Crippen LogP contribution in [-0.4, -0.2) is 28.9 Å². The van der Waals surface area contributed by atoms with Crippen molar-refractivity contribution in [3.8, 4) is 0 Å². The summed E-state index contributed by atoms with van der Waals surface area (Å²) in [5.74, 6) is 1.23. The average molecular weight is 217 g/mol. The molecule has 0 aromatic carbocycles. The number of anilines is 1. The van der Waals surface area contributed by atoms with Crippen molar-refractivity contribution in [3.63, 3.8) is 0 Å². The van der Waals surface area contributed by atoms with Gasteiger partial charge in [-0.2, -0.15) is 11.8 Å². The van der Waals surface area contributed by atoms with Crippen LogP contribution in [0, 0.1) is 0 Å². The largest absolute Gasteiger partial charge is 0.330 e. The van der Waals surface area contributed by atoms with Gasteiger partial charge in [-0.05, 0) is 0 Å². The summed E-state index contributed by atoms with van der Waals surface area (Å²) < 4.78 is 0. The molecule has 13 heavy (non-hydrogen) atoms. The third-order valence-electron chi connectivity index (χ3n) is 1.17. The van der Waals surface area contributed by atoms with Crippen molar-refractivity contribution in [2.75, 3.05) is 23.4 Å². The van der Waals surface area contributed by atoms with Gasteiger partial charge in [0, 0.05) is 23.9 Å². The van der Waals surface area contributed by atoms with Crippen LogP contribution in [0.25, 0.3) is 0 Å². The van der Waals surface area contributed by atoms with E-state index in [0.717, 1.165) is 5.75 Å². The third-order valence-corrected chi connectivity index (χ3v) is 2.85. The zero-order valence-electron chi connectivity index (χ0n) is 7.03. The zero-order chi connectivity index (χ0) is 9.52. The van der Waals surface area contributed by atoms with E-state index >= 15 is 0 Å². The van der Waals surface area contributed by atoms with Gasteiger partial charge in [0.25, 0.3) is 0 Å². The number of rotatable bonds is 5. The summed E-state index contributed by atoms with van der Waals surface area (Å²) in [6, 6.07) is 0. The lowest BCUT2D eigenvalue weighted by Gasteiger charge is -1.99. The maximum atomic E-state index is 11.2. The summed E-state index contributed by atoms with van der Waals surface area (Å²) in [7, 11) is 0. The molecule has 0 unspecified atom stereocenters. The van der Waals surface area contributed by atoms with E-state index in [1.54, 1.807) is 6.20 Å². The fourth-order valence-electron chi connectivity index (χ4n) is 0.689. The Balaban J connectivity index is 2.18. The van der Waals surface area contributed by atoms with E-state index in [2.05, 4.69) is 10.3 Å². The molecule has 6 heteroatoms. The second kappa shape index (κ2) is 5.95. The van der Waals surface area contributed by atoms with Gasteiger partial charge in [0.05, 0.1) is 5.75 Å². The molecule has 3 N–H and O–H groups in total. The fraction of sp³-hybridized carbons (Fsp3) is 0.429. The molecule has 72 valence electrons. The van der Waals surface area contributed by atoms with Crippen molar-refractivity contribution in [1.82, 2.24) is 4.98 Å². The predicted octanol–water partition coefficient (Wildman–Crippen LogP) is 0.773. The maximum absolute atomic E-state index is 11.2. The Bertz CT molecular complexity index is 250. The van der Waals surface area contributed by atoms with Crippen molar-refractivity contribution < 1.29 is 4.79 Å². The number of amides is 1. The van der Waals surface area contributed by atoms with Gasteiger partial charge in [0.1, 0.15) is 0 Å². The SMILES string of the molecule is NCCSCC(=O)Nc1nccs1. The van der Waals surface area contributed by atoms with Gasteiger partial charge in [-0.25, -0.2) is 4.98 Å². The summed E-state index contributed by atoms with van der Waals surface area (Å²) >= 11 is 2.94. The standard InChI is InChI=1S/C7H11N3OS2/c8-1-3-12-5-6(11)10-7-9-2-4-13-7/h2,4H,1,3,5,8H2,(H,9,10,11). The van der Waals surface area contributed by atoms with Crippen LogP contribution in [0.5, 0.6) is 0 Å². The minimum atomic E-state index is -0.0200. The normalized spacial score (nSPS) is 9.92. The van der Waals surface area contributed by atoms with Crippen LogP contribution < -0.4 is 11.1 Å². The Kier molecular flexibility index (Phi) is 4.81. The van der Waals surface area contributed by atoms with E-state index in [0.29, 0.717) is 17.4 Å². The van der Waals surface area contributed by atoms with E-state index in [1.807, 2.05) is 5.38 Å². The lowest BCUT2D eigenvalue weighted by Crippen LogP contribution is -2.15. The summed E-state index contributed by atoms with van der Waals surface area (Å²) in [6.07, 6.45) is 1.66. The number of nitrogens with two attached hydrogens (primary N) is 1. The second-order valence-corrected chi connectivity index (χ2v) is 4.23. The first-order chi connectivity index (χ1) is 6.33. The summed E-state index contributed by atoms with van der Waals surface area (Å²) in [5.41, 5.74) is 5.29. The first-order valence-corrected chi connectivity index (χ1v) is 5.83. The van der Waals surface area contributed by atoms with Crippen molar-refractivity contribution in [2.24, 2.45) is 5.73 Å². The molecule has 0 spiro atoms. The van der Waals surface area contributed by atoms with Crippen molar-refractivity contribution in [2.45, 2.75) is 0 Å². The molecule has 0 saturated heterocycles.